The Morgan fingerprint density at radius 1 is 1.43 bits per heavy atom. The maximum Gasteiger partial charge on any atom is 0.323 e. The SMILES string of the molecule is CC1CC(NC2CCSC2=O)C(=O)O1. The Morgan fingerprint density at radius 2 is 2.21 bits per heavy atom. The molecule has 78 valence electrons. The second-order valence-corrected chi connectivity index (χ2v) is 4.81. The van der Waals surface area contributed by atoms with Crippen molar-refractivity contribution < 1.29 is 14.3 Å². The fourth-order valence-corrected chi connectivity index (χ4v) is 2.72. The van der Waals surface area contributed by atoms with E-state index in [-0.39, 0.29) is 29.3 Å². The summed E-state index contributed by atoms with van der Waals surface area (Å²) in [6.07, 6.45) is 1.47. The van der Waals surface area contributed by atoms with Crippen molar-refractivity contribution in [1.82, 2.24) is 5.32 Å². The number of cyclic esters (lactones) is 1. The van der Waals surface area contributed by atoms with E-state index >= 15 is 0 Å². The summed E-state index contributed by atoms with van der Waals surface area (Å²) in [5.74, 6) is 0.635. The van der Waals surface area contributed by atoms with Gasteiger partial charge in [0.1, 0.15) is 12.1 Å². The Kier molecular flexibility index (Phi) is 2.78. The molecule has 2 fully saturated rings. The maximum atomic E-state index is 11.3. The molecule has 4 nitrogen and oxygen atoms in total. The Bertz CT molecular complexity index is 269. The Balaban J connectivity index is 1.91. The summed E-state index contributed by atoms with van der Waals surface area (Å²) in [7, 11) is 0. The first kappa shape index (κ1) is 9.98. The molecule has 0 bridgehead atoms. The third-order valence-corrected chi connectivity index (χ3v) is 3.52. The molecule has 3 unspecified atom stereocenters. The van der Waals surface area contributed by atoms with Gasteiger partial charge in [-0.25, -0.2) is 0 Å². The Morgan fingerprint density at radius 3 is 2.71 bits per heavy atom. The predicted octanol–water partition coefficient (Wildman–Crippen LogP) is 0.312. The number of esters is 1. The van der Waals surface area contributed by atoms with Gasteiger partial charge in [-0.05, 0) is 13.3 Å². The highest BCUT2D eigenvalue weighted by Gasteiger charge is 2.36. The molecular weight excluding hydrogens is 202 g/mol. The fraction of sp³-hybridized carbons (Fsp3) is 0.778. The first-order valence-electron chi connectivity index (χ1n) is 4.80. The number of nitrogens with one attached hydrogen (secondary N) is 1. The van der Waals surface area contributed by atoms with Gasteiger partial charge in [0, 0.05) is 12.2 Å². The minimum atomic E-state index is -0.280. The summed E-state index contributed by atoms with van der Waals surface area (Å²) >= 11 is 1.34. The van der Waals surface area contributed by atoms with E-state index in [4.69, 9.17) is 4.74 Å². The molecule has 5 heteroatoms. The maximum absolute atomic E-state index is 11.3. The van der Waals surface area contributed by atoms with Crippen LogP contribution in [0.4, 0.5) is 0 Å². The van der Waals surface area contributed by atoms with E-state index < -0.39 is 0 Å². The van der Waals surface area contributed by atoms with Crippen LogP contribution in [0.25, 0.3) is 0 Å². The highest BCUT2D eigenvalue weighted by Crippen LogP contribution is 2.22. The smallest absolute Gasteiger partial charge is 0.323 e. The highest BCUT2D eigenvalue weighted by atomic mass is 32.2. The van der Waals surface area contributed by atoms with Crippen molar-refractivity contribution in [2.24, 2.45) is 0 Å². The molecule has 0 aromatic heterocycles. The lowest BCUT2D eigenvalue weighted by Gasteiger charge is -2.12. The monoisotopic (exact) mass is 215 g/mol. The van der Waals surface area contributed by atoms with Crippen LogP contribution in [-0.2, 0) is 14.3 Å². The second-order valence-electron chi connectivity index (χ2n) is 3.71. The van der Waals surface area contributed by atoms with Crippen molar-refractivity contribution in [2.75, 3.05) is 5.75 Å². The second kappa shape index (κ2) is 3.90. The van der Waals surface area contributed by atoms with Gasteiger partial charge in [0.15, 0.2) is 0 Å². The van der Waals surface area contributed by atoms with Crippen LogP contribution in [0.3, 0.4) is 0 Å². The molecule has 3 atom stereocenters. The van der Waals surface area contributed by atoms with Crippen molar-refractivity contribution in [3.8, 4) is 0 Å². The van der Waals surface area contributed by atoms with Crippen molar-refractivity contribution in [2.45, 2.75) is 38.0 Å². The van der Waals surface area contributed by atoms with Crippen LogP contribution in [0, 0.1) is 0 Å². The lowest BCUT2D eigenvalue weighted by Crippen LogP contribution is -2.42. The summed E-state index contributed by atoms with van der Waals surface area (Å²) in [4.78, 5) is 22.6. The molecule has 0 radical (unpaired) electrons. The molecule has 2 aliphatic heterocycles. The van der Waals surface area contributed by atoms with E-state index in [0.29, 0.717) is 6.42 Å². The van der Waals surface area contributed by atoms with Crippen molar-refractivity contribution in [3.63, 3.8) is 0 Å². The van der Waals surface area contributed by atoms with Crippen LogP contribution in [0.2, 0.25) is 0 Å². The van der Waals surface area contributed by atoms with E-state index in [9.17, 15) is 9.59 Å². The van der Waals surface area contributed by atoms with Crippen molar-refractivity contribution in [1.29, 1.82) is 0 Å². The molecule has 0 aliphatic carbocycles. The molecule has 0 amide bonds. The normalized spacial score (nSPS) is 37.6. The number of ether oxygens (including phenoxy) is 1. The molecule has 14 heavy (non-hydrogen) atoms. The van der Waals surface area contributed by atoms with Gasteiger partial charge in [-0.15, -0.1) is 0 Å². The van der Waals surface area contributed by atoms with Gasteiger partial charge in [-0.2, -0.15) is 0 Å². The van der Waals surface area contributed by atoms with Crippen LogP contribution in [0.15, 0.2) is 0 Å². The Hall–Kier alpha value is -0.550. The van der Waals surface area contributed by atoms with Crippen LogP contribution in [0.1, 0.15) is 19.8 Å². The number of thioether (sulfide) groups is 1. The summed E-state index contributed by atoms with van der Waals surface area (Å²) in [6.45, 7) is 1.87. The molecule has 0 saturated carbocycles. The minimum absolute atomic E-state index is 0.0239. The fourth-order valence-electron chi connectivity index (χ4n) is 1.78. The summed E-state index contributed by atoms with van der Waals surface area (Å²) < 4.78 is 5.00. The minimum Gasteiger partial charge on any atom is -0.461 e. The molecule has 1 N–H and O–H groups in total. The topological polar surface area (TPSA) is 55.4 Å². The predicted molar refractivity (Wildman–Crippen MR) is 53.0 cm³/mol. The molecule has 2 saturated heterocycles. The molecule has 2 heterocycles. The van der Waals surface area contributed by atoms with E-state index in [0.717, 1.165) is 12.2 Å². The van der Waals surface area contributed by atoms with E-state index in [1.807, 2.05) is 6.92 Å². The first-order valence-corrected chi connectivity index (χ1v) is 5.78. The van der Waals surface area contributed by atoms with E-state index in [2.05, 4.69) is 5.32 Å². The average Bonchev–Trinajstić information content (AvgIpc) is 2.62. The number of rotatable bonds is 2. The molecule has 0 aromatic rings. The molecule has 0 aromatic carbocycles. The van der Waals surface area contributed by atoms with Crippen molar-refractivity contribution >= 4 is 22.8 Å². The van der Waals surface area contributed by atoms with E-state index in [1.165, 1.54) is 11.8 Å². The van der Waals surface area contributed by atoms with Gasteiger partial charge in [-0.1, -0.05) is 11.8 Å². The van der Waals surface area contributed by atoms with E-state index in [1.54, 1.807) is 0 Å². The molecule has 0 spiro atoms. The summed E-state index contributed by atoms with van der Waals surface area (Å²) in [6, 6.07) is -0.430. The number of hydrogen-bond acceptors (Lipinski definition) is 5. The van der Waals surface area contributed by atoms with Gasteiger partial charge >= 0.3 is 5.97 Å². The standard InChI is InChI=1S/C9H13NO3S/c1-5-4-7(8(11)13-5)10-6-2-3-14-9(6)12/h5-7,10H,2-4H2,1H3. The van der Waals surface area contributed by atoms with Gasteiger partial charge in [-0.3, -0.25) is 14.9 Å². The highest BCUT2D eigenvalue weighted by molar-refractivity contribution is 8.14. The number of carbonyl (C=O) groups is 2. The molecule has 2 aliphatic rings. The van der Waals surface area contributed by atoms with Gasteiger partial charge in [0.05, 0.1) is 6.04 Å². The lowest BCUT2D eigenvalue weighted by atomic mass is 10.1. The zero-order valence-corrected chi connectivity index (χ0v) is 8.80. The van der Waals surface area contributed by atoms with Gasteiger partial charge < -0.3 is 4.74 Å². The zero-order valence-electron chi connectivity index (χ0n) is 7.99. The first-order chi connectivity index (χ1) is 6.66. The van der Waals surface area contributed by atoms with Gasteiger partial charge in [0.25, 0.3) is 0 Å². The largest absolute Gasteiger partial charge is 0.461 e. The number of carbonyl (C=O) groups excluding carboxylic acids is 2. The quantitative estimate of drug-likeness (QED) is 0.672. The Labute approximate surface area is 86.8 Å². The van der Waals surface area contributed by atoms with Crippen molar-refractivity contribution in [3.05, 3.63) is 0 Å². The third-order valence-electron chi connectivity index (χ3n) is 2.51. The van der Waals surface area contributed by atoms with Crippen LogP contribution in [-0.4, -0.2) is 35.0 Å². The van der Waals surface area contributed by atoms with Gasteiger partial charge in [0.2, 0.25) is 5.12 Å². The average molecular weight is 215 g/mol. The lowest BCUT2D eigenvalue weighted by molar-refractivity contribution is -0.142. The number of hydrogen-bond donors (Lipinski definition) is 1. The summed E-state index contributed by atoms with van der Waals surface area (Å²) in [5, 5.41) is 3.21. The van der Waals surface area contributed by atoms with Crippen LogP contribution in [0.5, 0.6) is 0 Å². The van der Waals surface area contributed by atoms with Crippen LogP contribution < -0.4 is 5.32 Å². The third kappa shape index (κ3) is 1.93. The molecule has 2 rings (SSSR count). The zero-order chi connectivity index (χ0) is 10.1. The van der Waals surface area contributed by atoms with Crippen LogP contribution >= 0.6 is 11.8 Å². The summed E-state index contributed by atoms with van der Waals surface area (Å²) in [5.41, 5.74) is 0. The molecular formula is C9H13NO3S.